The maximum atomic E-state index is 11.9. The van der Waals surface area contributed by atoms with E-state index >= 15 is 0 Å². The fourth-order valence-corrected chi connectivity index (χ4v) is 0.828. The fraction of sp³-hybridized carbons (Fsp3) is 1.00. The highest BCUT2D eigenvalue weighted by atomic mass is 19.1. The van der Waals surface area contributed by atoms with E-state index in [9.17, 15) is 4.39 Å². The third-order valence-electron chi connectivity index (χ3n) is 1.56. The van der Waals surface area contributed by atoms with Crippen LogP contribution in [0.25, 0.3) is 0 Å². The maximum absolute atomic E-state index is 11.9. The number of rotatable bonds is 6. The van der Waals surface area contributed by atoms with Crippen LogP contribution in [-0.2, 0) is 4.74 Å². The van der Waals surface area contributed by atoms with Gasteiger partial charge in [-0.2, -0.15) is 0 Å². The number of hydrogen-bond acceptors (Lipinski definition) is 1. The Hall–Kier alpha value is -0.110. The largest absolute Gasteiger partial charge is 0.379 e. The van der Waals surface area contributed by atoms with Crippen LogP contribution in [0.15, 0.2) is 0 Å². The molecule has 0 bridgehead atoms. The molecule has 0 saturated heterocycles. The Labute approximate surface area is 68.9 Å². The molecule has 68 valence electrons. The SMILES string of the molecule is CC(CF)CCCOC(C)C. The lowest BCUT2D eigenvalue weighted by atomic mass is 10.1. The van der Waals surface area contributed by atoms with Crippen LogP contribution >= 0.6 is 0 Å². The van der Waals surface area contributed by atoms with Gasteiger partial charge in [0.05, 0.1) is 12.8 Å². The van der Waals surface area contributed by atoms with E-state index in [0.717, 1.165) is 19.4 Å². The van der Waals surface area contributed by atoms with Crippen molar-refractivity contribution < 1.29 is 9.13 Å². The maximum Gasteiger partial charge on any atom is 0.0919 e. The number of ether oxygens (including phenoxy) is 1. The molecule has 1 atom stereocenters. The first-order valence-corrected chi connectivity index (χ1v) is 4.34. The molecule has 0 spiro atoms. The zero-order chi connectivity index (χ0) is 8.69. The van der Waals surface area contributed by atoms with Gasteiger partial charge in [-0.25, -0.2) is 0 Å². The molecule has 0 heterocycles. The average molecular weight is 162 g/mol. The monoisotopic (exact) mass is 162 g/mol. The van der Waals surface area contributed by atoms with Gasteiger partial charge in [0, 0.05) is 6.61 Å². The summed E-state index contributed by atoms with van der Waals surface area (Å²) in [6.07, 6.45) is 2.21. The summed E-state index contributed by atoms with van der Waals surface area (Å²) in [5.74, 6) is 0.200. The minimum Gasteiger partial charge on any atom is -0.379 e. The summed E-state index contributed by atoms with van der Waals surface area (Å²) in [5, 5.41) is 0. The molecule has 0 radical (unpaired) electrons. The number of halogens is 1. The van der Waals surface area contributed by atoms with E-state index in [4.69, 9.17) is 4.74 Å². The molecule has 0 aliphatic heterocycles. The first-order valence-electron chi connectivity index (χ1n) is 4.34. The van der Waals surface area contributed by atoms with Crippen molar-refractivity contribution in [2.45, 2.75) is 39.7 Å². The van der Waals surface area contributed by atoms with Gasteiger partial charge in [-0.15, -0.1) is 0 Å². The van der Waals surface area contributed by atoms with Crippen LogP contribution in [0.3, 0.4) is 0 Å². The van der Waals surface area contributed by atoms with E-state index in [-0.39, 0.29) is 12.6 Å². The molecule has 0 aromatic heterocycles. The van der Waals surface area contributed by atoms with E-state index < -0.39 is 0 Å². The molecule has 0 amide bonds. The third kappa shape index (κ3) is 7.79. The Balaban J connectivity index is 3.01. The highest BCUT2D eigenvalue weighted by molar-refractivity contribution is 4.50. The van der Waals surface area contributed by atoms with Crippen molar-refractivity contribution >= 4 is 0 Å². The van der Waals surface area contributed by atoms with E-state index in [1.165, 1.54) is 0 Å². The highest BCUT2D eigenvalue weighted by Crippen LogP contribution is 2.06. The molecule has 0 aliphatic rings. The zero-order valence-electron chi connectivity index (χ0n) is 7.77. The second kappa shape index (κ2) is 6.59. The molecule has 0 fully saturated rings. The normalized spacial score (nSPS) is 13.9. The van der Waals surface area contributed by atoms with E-state index in [1.54, 1.807) is 0 Å². The molecule has 0 aromatic rings. The van der Waals surface area contributed by atoms with Gasteiger partial charge in [0.25, 0.3) is 0 Å². The first-order chi connectivity index (χ1) is 5.16. The van der Waals surface area contributed by atoms with Crippen molar-refractivity contribution in [2.24, 2.45) is 5.92 Å². The van der Waals surface area contributed by atoms with Crippen molar-refractivity contribution in [3.63, 3.8) is 0 Å². The van der Waals surface area contributed by atoms with Gasteiger partial charge in [-0.1, -0.05) is 6.92 Å². The molecule has 0 aromatic carbocycles. The predicted molar refractivity (Wildman–Crippen MR) is 45.5 cm³/mol. The molecular formula is C9H19FO. The summed E-state index contributed by atoms with van der Waals surface area (Å²) in [5.41, 5.74) is 0. The van der Waals surface area contributed by atoms with Gasteiger partial charge in [-0.05, 0) is 32.6 Å². The number of alkyl halides is 1. The van der Waals surface area contributed by atoms with Gasteiger partial charge < -0.3 is 4.74 Å². The van der Waals surface area contributed by atoms with E-state index in [1.807, 2.05) is 20.8 Å². The second-order valence-corrected chi connectivity index (χ2v) is 3.32. The van der Waals surface area contributed by atoms with E-state index in [2.05, 4.69) is 0 Å². The lowest BCUT2D eigenvalue weighted by Crippen LogP contribution is -2.06. The van der Waals surface area contributed by atoms with Crippen molar-refractivity contribution in [1.82, 2.24) is 0 Å². The van der Waals surface area contributed by atoms with Crippen molar-refractivity contribution in [1.29, 1.82) is 0 Å². The van der Waals surface area contributed by atoms with Crippen LogP contribution in [0.5, 0.6) is 0 Å². The Kier molecular flexibility index (Phi) is 6.52. The van der Waals surface area contributed by atoms with Crippen molar-refractivity contribution in [2.75, 3.05) is 13.3 Å². The summed E-state index contributed by atoms with van der Waals surface area (Å²) in [7, 11) is 0. The molecule has 1 unspecified atom stereocenters. The molecular weight excluding hydrogens is 143 g/mol. The quantitative estimate of drug-likeness (QED) is 0.546. The molecule has 0 saturated carbocycles. The summed E-state index contributed by atoms with van der Waals surface area (Å²) < 4.78 is 17.2. The van der Waals surface area contributed by atoms with Crippen LogP contribution in [0.4, 0.5) is 4.39 Å². The van der Waals surface area contributed by atoms with Gasteiger partial charge in [0.1, 0.15) is 0 Å². The van der Waals surface area contributed by atoms with Gasteiger partial charge in [0.2, 0.25) is 0 Å². The van der Waals surface area contributed by atoms with Gasteiger partial charge >= 0.3 is 0 Å². The Morgan fingerprint density at radius 2 is 1.91 bits per heavy atom. The van der Waals surface area contributed by atoms with Crippen molar-refractivity contribution in [3.05, 3.63) is 0 Å². The molecule has 0 N–H and O–H groups in total. The Morgan fingerprint density at radius 1 is 1.27 bits per heavy atom. The zero-order valence-corrected chi connectivity index (χ0v) is 7.77. The lowest BCUT2D eigenvalue weighted by molar-refractivity contribution is 0.0733. The predicted octanol–water partition coefficient (Wildman–Crippen LogP) is 2.80. The standard InChI is InChI=1S/C9H19FO/c1-8(2)11-6-4-5-9(3)7-10/h8-9H,4-7H2,1-3H3. The molecule has 1 nitrogen and oxygen atoms in total. The summed E-state index contributed by atoms with van der Waals surface area (Å²) in [6, 6.07) is 0. The van der Waals surface area contributed by atoms with Gasteiger partial charge in [0.15, 0.2) is 0 Å². The first kappa shape index (κ1) is 10.9. The Bertz CT molecular complexity index is 83.6. The lowest BCUT2D eigenvalue weighted by Gasteiger charge is -2.08. The second-order valence-electron chi connectivity index (χ2n) is 3.32. The van der Waals surface area contributed by atoms with Crippen molar-refractivity contribution in [3.8, 4) is 0 Å². The third-order valence-corrected chi connectivity index (χ3v) is 1.56. The summed E-state index contributed by atoms with van der Waals surface area (Å²) in [4.78, 5) is 0. The topological polar surface area (TPSA) is 9.23 Å². The minimum absolute atomic E-state index is 0.200. The van der Waals surface area contributed by atoms with E-state index in [0.29, 0.717) is 6.10 Å². The molecule has 0 aliphatic carbocycles. The fourth-order valence-electron chi connectivity index (χ4n) is 0.828. The number of hydrogen-bond donors (Lipinski definition) is 0. The smallest absolute Gasteiger partial charge is 0.0919 e. The van der Waals surface area contributed by atoms with Crippen LogP contribution in [0.1, 0.15) is 33.6 Å². The molecule has 0 rings (SSSR count). The summed E-state index contributed by atoms with van der Waals surface area (Å²) >= 11 is 0. The van der Waals surface area contributed by atoms with Crippen LogP contribution in [0.2, 0.25) is 0 Å². The Morgan fingerprint density at radius 3 is 2.36 bits per heavy atom. The average Bonchev–Trinajstić information content (AvgIpc) is 1.97. The molecule has 11 heavy (non-hydrogen) atoms. The van der Waals surface area contributed by atoms with Crippen LogP contribution < -0.4 is 0 Å². The molecule has 2 heteroatoms. The van der Waals surface area contributed by atoms with Gasteiger partial charge in [-0.3, -0.25) is 4.39 Å². The van der Waals surface area contributed by atoms with Crippen LogP contribution in [-0.4, -0.2) is 19.4 Å². The highest BCUT2D eigenvalue weighted by Gasteiger charge is 2.00. The minimum atomic E-state index is -0.207. The van der Waals surface area contributed by atoms with Crippen LogP contribution in [0, 0.1) is 5.92 Å². The summed E-state index contributed by atoms with van der Waals surface area (Å²) in [6.45, 7) is 6.51.